The van der Waals surface area contributed by atoms with Crippen LogP contribution in [0, 0.1) is 0 Å². The molecule has 2 atom stereocenters. The van der Waals surface area contributed by atoms with Crippen LogP contribution in [0.5, 0.6) is 0 Å². The van der Waals surface area contributed by atoms with Gasteiger partial charge in [0.15, 0.2) is 0 Å². The molecule has 1 heterocycles. The largest absolute Gasteiger partial charge is 0.392 e. The van der Waals surface area contributed by atoms with E-state index in [4.69, 9.17) is 4.74 Å². The molecule has 13 heavy (non-hydrogen) atoms. The summed E-state index contributed by atoms with van der Waals surface area (Å²) in [7, 11) is 3.96. The Balaban J connectivity index is 2.03. The number of likely N-dealkylation sites (N-methyl/N-ethyl adjacent to an activating group) is 1. The lowest BCUT2D eigenvalue weighted by Crippen LogP contribution is -2.26. The molecule has 0 aromatic rings. The first-order valence-corrected chi connectivity index (χ1v) is 5.13. The molecule has 0 radical (unpaired) electrons. The fourth-order valence-corrected chi connectivity index (χ4v) is 1.76. The third-order valence-electron chi connectivity index (χ3n) is 2.42. The van der Waals surface area contributed by atoms with Crippen molar-refractivity contribution < 1.29 is 9.84 Å². The lowest BCUT2D eigenvalue weighted by Gasteiger charge is -2.17. The third-order valence-corrected chi connectivity index (χ3v) is 2.42. The molecule has 1 rings (SSSR count). The van der Waals surface area contributed by atoms with Gasteiger partial charge < -0.3 is 14.7 Å². The SMILES string of the molecule is CN(C)CC(O)CCC1CCCO1. The van der Waals surface area contributed by atoms with Crippen LogP contribution in [0.4, 0.5) is 0 Å². The molecule has 0 saturated carbocycles. The summed E-state index contributed by atoms with van der Waals surface area (Å²) in [6.45, 7) is 1.67. The van der Waals surface area contributed by atoms with Gasteiger partial charge in [-0.3, -0.25) is 0 Å². The Morgan fingerprint density at radius 3 is 2.85 bits per heavy atom. The molecule has 78 valence electrons. The average Bonchev–Trinajstić information content (AvgIpc) is 2.51. The Morgan fingerprint density at radius 2 is 2.31 bits per heavy atom. The average molecular weight is 187 g/mol. The Hall–Kier alpha value is -0.120. The molecule has 0 amide bonds. The highest BCUT2D eigenvalue weighted by Crippen LogP contribution is 2.17. The number of hydrogen-bond donors (Lipinski definition) is 1. The van der Waals surface area contributed by atoms with Crippen molar-refractivity contribution in [2.24, 2.45) is 0 Å². The summed E-state index contributed by atoms with van der Waals surface area (Å²) in [5.41, 5.74) is 0. The maximum absolute atomic E-state index is 9.58. The number of nitrogens with zero attached hydrogens (tertiary/aromatic N) is 1. The van der Waals surface area contributed by atoms with E-state index in [1.165, 1.54) is 12.8 Å². The topological polar surface area (TPSA) is 32.7 Å². The molecule has 0 aromatic heterocycles. The highest BCUT2D eigenvalue weighted by molar-refractivity contribution is 4.68. The monoisotopic (exact) mass is 187 g/mol. The minimum Gasteiger partial charge on any atom is -0.392 e. The molecule has 3 heteroatoms. The molecule has 1 aliphatic rings. The van der Waals surface area contributed by atoms with E-state index in [1.807, 2.05) is 19.0 Å². The van der Waals surface area contributed by atoms with Crippen molar-refractivity contribution in [3.63, 3.8) is 0 Å². The standard InChI is InChI=1S/C10H21NO2/c1-11(2)8-9(12)5-6-10-4-3-7-13-10/h9-10,12H,3-8H2,1-2H3. The van der Waals surface area contributed by atoms with E-state index in [2.05, 4.69) is 0 Å². The van der Waals surface area contributed by atoms with Gasteiger partial charge in [-0.1, -0.05) is 0 Å². The first-order chi connectivity index (χ1) is 6.18. The van der Waals surface area contributed by atoms with Crippen molar-refractivity contribution in [1.29, 1.82) is 0 Å². The molecule has 1 fully saturated rings. The molecule has 0 aliphatic carbocycles. The van der Waals surface area contributed by atoms with Crippen LogP contribution in [0.25, 0.3) is 0 Å². The molecular weight excluding hydrogens is 166 g/mol. The molecule has 1 aliphatic heterocycles. The van der Waals surface area contributed by atoms with Crippen LogP contribution in [0.2, 0.25) is 0 Å². The summed E-state index contributed by atoms with van der Waals surface area (Å²) in [6, 6.07) is 0. The second-order valence-corrected chi connectivity index (χ2v) is 4.13. The van der Waals surface area contributed by atoms with Gasteiger partial charge in [0.25, 0.3) is 0 Å². The second kappa shape index (κ2) is 5.58. The third kappa shape index (κ3) is 4.60. The van der Waals surface area contributed by atoms with Crippen LogP contribution in [0.15, 0.2) is 0 Å². The summed E-state index contributed by atoms with van der Waals surface area (Å²) < 4.78 is 5.48. The highest BCUT2D eigenvalue weighted by Gasteiger charge is 2.16. The maximum atomic E-state index is 9.58. The van der Waals surface area contributed by atoms with E-state index in [1.54, 1.807) is 0 Å². The van der Waals surface area contributed by atoms with E-state index < -0.39 is 0 Å². The fourth-order valence-electron chi connectivity index (χ4n) is 1.76. The molecule has 0 aromatic carbocycles. The van der Waals surface area contributed by atoms with Crippen molar-refractivity contribution in [2.75, 3.05) is 27.2 Å². The Morgan fingerprint density at radius 1 is 1.54 bits per heavy atom. The molecule has 0 bridgehead atoms. The molecular formula is C10H21NO2. The van der Waals surface area contributed by atoms with Crippen molar-refractivity contribution in [3.05, 3.63) is 0 Å². The quantitative estimate of drug-likeness (QED) is 0.693. The van der Waals surface area contributed by atoms with Crippen LogP contribution < -0.4 is 0 Å². The number of aliphatic hydroxyl groups excluding tert-OH is 1. The maximum Gasteiger partial charge on any atom is 0.0667 e. The van der Waals surface area contributed by atoms with Gasteiger partial charge in [0.1, 0.15) is 0 Å². The first kappa shape index (κ1) is 11.0. The lowest BCUT2D eigenvalue weighted by atomic mass is 10.1. The normalized spacial score (nSPS) is 25.4. The van der Waals surface area contributed by atoms with Crippen molar-refractivity contribution in [2.45, 2.75) is 37.9 Å². The van der Waals surface area contributed by atoms with Gasteiger partial charge in [-0.25, -0.2) is 0 Å². The van der Waals surface area contributed by atoms with Gasteiger partial charge in [-0.15, -0.1) is 0 Å². The smallest absolute Gasteiger partial charge is 0.0667 e. The van der Waals surface area contributed by atoms with Gasteiger partial charge >= 0.3 is 0 Å². The van der Waals surface area contributed by atoms with Gasteiger partial charge in [-0.05, 0) is 39.8 Å². The van der Waals surface area contributed by atoms with Crippen molar-refractivity contribution in [3.8, 4) is 0 Å². The van der Waals surface area contributed by atoms with Crippen LogP contribution in [0.1, 0.15) is 25.7 Å². The molecule has 1 saturated heterocycles. The predicted molar refractivity (Wildman–Crippen MR) is 52.8 cm³/mol. The molecule has 2 unspecified atom stereocenters. The second-order valence-electron chi connectivity index (χ2n) is 4.13. The van der Waals surface area contributed by atoms with Gasteiger partial charge in [0.05, 0.1) is 12.2 Å². The van der Waals surface area contributed by atoms with Crippen LogP contribution in [-0.4, -0.2) is 49.5 Å². The van der Waals surface area contributed by atoms with Crippen molar-refractivity contribution in [1.82, 2.24) is 4.90 Å². The zero-order valence-corrected chi connectivity index (χ0v) is 8.70. The zero-order valence-electron chi connectivity index (χ0n) is 8.70. The Labute approximate surface area is 80.7 Å². The van der Waals surface area contributed by atoms with E-state index in [9.17, 15) is 5.11 Å². The van der Waals surface area contributed by atoms with E-state index in [0.717, 1.165) is 26.0 Å². The van der Waals surface area contributed by atoms with Crippen molar-refractivity contribution >= 4 is 0 Å². The Bertz CT molecular complexity index is 133. The van der Waals surface area contributed by atoms with Gasteiger partial charge in [0.2, 0.25) is 0 Å². The van der Waals surface area contributed by atoms with E-state index in [0.29, 0.717) is 6.10 Å². The summed E-state index contributed by atoms with van der Waals surface area (Å²) in [4.78, 5) is 2.01. The number of ether oxygens (including phenoxy) is 1. The van der Waals surface area contributed by atoms with Gasteiger partial charge in [0, 0.05) is 13.2 Å². The number of hydrogen-bond acceptors (Lipinski definition) is 3. The van der Waals surface area contributed by atoms with E-state index >= 15 is 0 Å². The zero-order chi connectivity index (χ0) is 9.68. The summed E-state index contributed by atoms with van der Waals surface area (Å²) in [5.74, 6) is 0. The highest BCUT2D eigenvalue weighted by atomic mass is 16.5. The summed E-state index contributed by atoms with van der Waals surface area (Å²) >= 11 is 0. The van der Waals surface area contributed by atoms with Gasteiger partial charge in [-0.2, -0.15) is 0 Å². The molecule has 0 spiro atoms. The minimum atomic E-state index is -0.195. The summed E-state index contributed by atoms with van der Waals surface area (Å²) in [5, 5.41) is 9.58. The fraction of sp³-hybridized carbons (Fsp3) is 1.00. The predicted octanol–water partition coefficient (Wildman–Crippen LogP) is 0.868. The summed E-state index contributed by atoms with van der Waals surface area (Å²) in [6.07, 6.45) is 4.46. The number of aliphatic hydroxyl groups is 1. The minimum absolute atomic E-state index is 0.195. The van der Waals surface area contributed by atoms with Crippen LogP contribution >= 0.6 is 0 Å². The van der Waals surface area contributed by atoms with E-state index in [-0.39, 0.29) is 6.10 Å². The van der Waals surface area contributed by atoms with Crippen LogP contribution in [-0.2, 0) is 4.74 Å². The molecule has 3 nitrogen and oxygen atoms in total. The Kier molecular flexibility index (Phi) is 4.70. The number of rotatable bonds is 5. The molecule has 1 N–H and O–H groups in total. The first-order valence-electron chi connectivity index (χ1n) is 5.13. The van der Waals surface area contributed by atoms with Crippen LogP contribution in [0.3, 0.4) is 0 Å². The lowest BCUT2D eigenvalue weighted by molar-refractivity contribution is 0.0728.